The Morgan fingerprint density at radius 3 is 2.45 bits per heavy atom. The van der Waals surface area contributed by atoms with Gasteiger partial charge in [0.2, 0.25) is 5.91 Å². The minimum Gasteiger partial charge on any atom is -0.325 e. The summed E-state index contributed by atoms with van der Waals surface area (Å²) in [6, 6.07) is 17.0. The molecule has 0 saturated heterocycles. The van der Waals surface area contributed by atoms with Crippen LogP contribution in [0.15, 0.2) is 54.6 Å². The van der Waals surface area contributed by atoms with E-state index in [1.54, 1.807) is 0 Å². The molecule has 0 spiro atoms. The van der Waals surface area contributed by atoms with Crippen LogP contribution in [0.5, 0.6) is 0 Å². The molecule has 0 aliphatic carbocycles. The van der Waals surface area contributed by atoms with Crippen molar-refractivity contribution in [2.75, 3.05) is 11.9 Å². The molecular weight excluding hydrogens is 272 g/mol. The van der Waals surface area contributed by atoms with Crippen molar-refractivity contribution in [3.63, 3.8) is 0 Å². The van der Waals surface area contributed by atoms with Crippen molar-refractivity contribution >= 4 is 23.2 Å². The molecule has 2 rings (SSSR count). The molecule has 2 aromatic rings. The van der Waals surface area contributed by atoms with Crippen LogP contribution in [0.3, 0.4) is 0 Å². The molecule has 0 bridgehead atoms. The molecule has 0 aliphatic heterocycles. The molecule has 2 N–H and O–H groups in total. The lowest BCUT2D eigenvalue weighted by Crippen LogP contribution is -2.30. The van der Waals surface area contributed by atoms with Crippen LogP contribution in [0.25, 0.3) is 0 Å². The summed E-state index contributed by atoms with van der Waals surface area (Å²) in [7, 11) is 0. The van der Waals surface area contributed by atoms with E-state index in [2.05, 4.69) is 10.6 Å². The highest BCUT2D eigenvalue weighted by Crippen LogP contribution is 2.21. The van der Waals surface area contributed by atoms with Crippen molar-refractivity contribution in [1.29, 1.82) is 0 Å². The van der Waals surface area contributed by atoms with Crippen LogP contribution in [-0.2, 0) is 4.79 Å². The molecule has 0 unspecified atom stereocenters. The Labute approximate surface area is 124 Å². The zero-order valence-electron chi connectivity index (χ0n) is 11.3. The van der Waals surface area contributed by atoms with Crippen LogP contribution < -0.4 is 10.6 Å². The van der Waals surface area contributed by atoms with Crippen molar-refractivity contribution in [3.8, 4) is 0 Å². The summed E-state index contributed by atoms with van der Waals surface area (Å²) in [4.78, 5) is 11.8. The van der Waals surface area contributed by atoms with Gasteiger partial charge < -0.3 is 10.6 Å². The topological polar surface area (TPSA) is 41.1 Å². The number of nitrogens with one attached hydrogen (secondary N) is 2. The number of amides is 1. The molecule has 104 valence electrons. The first-order chi connectivity index (χ1) is 9.66. The van der Waals surface area contributed by atoms with E-state index in [1.165, 1.54) is 0 Å². The summed E-state index contributed by atoms with van der Waals surface area (Å²) in [6.45, 7) is 2.22. The second-order valence-electron chi connectivity index (χ2n) is 4.54. The average Bonchev–Trinajstić information content (AvgIpc) is 2.46. The normalized spacial score (nSPS) is 11.9. The highest BCUT2D eigenvalue weighted by atomic mass is 35.5. The Balaban J connectivity index is 1.86. The van der Waals surface area contributed by atoms with Crippen molar-refractivity contribution in [2.24, 2.45) is 0 Å². The van der Waals surface area contributed by atoms with Gasteiger partial charge in [0.1, 0.15) is 0 Å². The van der Waals surface area contributed by atoms with Crippen LogP contribution >= 0.6 is 11.6 Å². The van der Waals surface area contributed by atoms with E-state index in [9.17, 15) is 4.79 Å². The fourth-order valence-corrected chi connectivity index (χ4v) is 2.21. The van der Waals surface area contributed by atoms with Crippen molar-refractivity contribution < 1.29 is 4.79 Å². The molecule has 0 fully saturated rings. The highest BCUT2D eigenvalue weighted by Gasteiger charge is 2.10. The third-order valence-electron chi connectivity index (χ3n) is 3.00. The summed E-state index contributed by atoms with van der Waals surface area (Å²) in [5.41, 5.74) is 1.78. The van der Waals surface area contributed by atoms with Gasteiger partial charge in [0.15, 0.2) is 0 Å². The Bertz CT molecular complexity index is 572. The van der Waals surface area contributed by atoms with Gasteiger partial charge in [0, 0.05) is 16.8 Å². The summed E-state index contributed by atoms with van der Waals surface area (Å²) in [5.74, 6) is -0.0740. The largest absolute Gasteiger partial charge is 0.325 e. The lowest BCUT2D eigenvalue weighted by atomic mass is 10.1. The molecule has 0 saturated carbocycles. The molecule has 0 aromatic heterocycles. The highest BCUT2D eigenvalue weighted by molar-refractivity contribution is 6.31. The first kappa shape index (κ1) is 14.6. The minimum atomic E-state index is -0.0740. The Morgan fingerprint density at radius 1 is 1.10 bits per heavy atom. The summed E-state index contributed by atoms with van der Waals surface area (Å²) < 4.78 is 0. The molecule has 1 amide bonds. The number of hydrogen-bond acceptors (Lipinski definition) is 2. The van der Waals surface area contributed by atoms with Gasteiger partial charge in [-0.25, -0.2) is 0 Å². The lowest BCUT2D eigenvalue weighted by Gasteiger charge is -2.15. The molecule has 20 heavy (non-hydrogen) atoms. The van der Waals surface area contributed by atoms with Gasteiger partial charge in [0.25, 0.3) is 0 Å². The third-order valence-corrected chi connectivity index (χ3v) is 3.34. The first-order valence-electron chi connectivity index (χ1n) is 6.49. The monoisotopic (exact) mass is 288 g/mol. The van der Waals surface area contributed by atoms with Gasteiger partial charge in [-0.3, -0.25) is 4.79 Å². The number of para-hydroxylation sites is 1. The third kappa shape index (κ3) is 4.08. The van der Waals surface area contributed by atoms with Gasteiger partial charge in [-0.2, -0.15) is 0 Å². The Hall–Kier alpha value is -1.84. The molecule has 2 aromatic carbocycles. The number of anilines is 1. The maximum Gasteiger partial charge on any atom is 0.238 e. The summed E-state index contributed by atoms with van der Waals surface area (Å²) >= 11 is 6.12. The second kappa shape index (κ2) is 7.08. The first-order valence-corrected chi connectivity index (χ1v) is 6.87. The fourth-order valence-electron chi connectivity index (χ4n) is 1.91. The molecule has 3 nitrogen and oxygen atoms in total. The molecule has 0 heterocycles. The van der Waals surface area contributed by atoms with Crippen molar-refractivity contribution in [1.82, 2.24) is 5.32 Å². The van der Waals surface area contributed by atoms with Gasteiger partial charge in [-0.1, -0.05) is 48.0 Å². The van der Waals surface area contributed by atoms with Crippen LogP contribution in [0.2, 0.25) is 5.02 Å². The average molecular weight is 289 g/mol. The second-order valence-corrected chi connectivity index (χ2v) is 4.95. The predicted octanol–water partition coefficient (Wildman–Crippen LogP) is 3.63. The SMILES string of the molecule is C[C@H](NCC(=O)Nc1ccccc1)c1ccccc1Cl. The van der Waals surface area contributed by atoms with Gasteiger partial charge >= 0.3 is 0 Å². The van der Waals surface area contributed by atoms with Crippen molar-refractivity contribution in [3.05, 3.63) is 65.2 Å². The maximum absolute atomic E-state index is 11.8. The zero-order chi connectivity index (χ0) is 14.4. The number of rotatable bonds is 5. The lowest BCUT2D eigenvalue weighted by molar-refractivity contribution is -0.115. The Kier molecular flexibility index (Phi) is 5.16. The van der Waals surface area contributed by atoms with E-state index in [-0.39, 0.29) is 18.5 Å². The van der Waals surface area contributed by atoms with Gasteiger partial charge in [0.05, 0.1) is 6.54 Å². The number of carbonyl (C=O) groups is 1. The number of halogens is 1. The van der Waals surface area contributed by atoms with E-state index in [4.69, 9.17) is 11.6 Å². The molecule has 0 radical (unpaired) electrons. The van der Waals surface area contributed by atoms with E-state index in [0.29, 0.717) is 5.02 Å². The summed E-state index contributed by atoms with van der Waals surface area (Å²) in [5, 5.41) is 6.70. The zero-order valence-corrected chi connectivity index (χ0v) is 12.0. The number of carbonyl (C=O) groups excluding carboxylic acids is 1. The molecule has 1 atom stereocenters. The Morgan fingerprint density at radius 2 is 1.75 bits per heavy atom. The maximum atomic E-state index is 11.8. The number of benzene rings is 2. The van der Waals surface area contributed by atoms with Gasteiger partial charge in [-0.15, -0.1) is 0 Å². The molecule has 0 aliphatic rings. The van der Waals surface area contributed by atoms with E-state index < -0.39 is 0 Å². The molecule has 4 heteroatoms. The van der Waals surface area contributed by atoms with Crippen LogP contribution in [-0.4, -0.2) is 12.5 Å². The van der Waals surface area contributed by atoms with E-state index in [1.807, 2.05) is 61.5 Å². The van der Waals surface area contributed by atoms with E-state index in [0.717, 1.165) is 11.3 Å². The van der Waals surface area contributed by atoms with Gasteiger partial charge in [-0.05, 0) is 30.7 Å². The fraction of sp³-hybridized carbons (Fsp3) is 0.188. The number of hydrogen-bond donors (Lipinski definition) is 2. The molecular formula is C16H17ClN2O. The minimum absolute atomic E-state index is 0.0187. The smallest absolute Gasteiger partial charge is 0.238 e. The van der Waals surface area contributed by atoms with Crippen LogP contribution in [0, 0.1) is 0 Å². The van der Waals surface area contributed by atoms with Crippen molar-refractivity contribution in [2.45, 2.75) is 13.0 Å². The predicted molar refractivity (Wildman–Crippen MR) is 82.9 cm³/mol. The summed E-state index contributed by atoms with van der Waals surface area (Å²) in [6.07, 6.45) is 0. The quantitative estimate of drug-likeness (QED) is 0.882. The standard InChI is InChI=1S/C16H17ClN2O/c1-12(14-9-5-6-10-15(14)17)18-11-16(20)19-13-7-3-2-4-8-13/h2-10,12,18H,11H2,1H3,(H,19,20)/t12-/m0/s1. The van der Waals surface area contributed by atoms with Crippen LogP contribution in [0.1, 0.15) is 18.5 Å². The van der Waals surface area contributed by atoms with E-state index >= 15 is 0 Å². The van der Waals surface area contributed by atoms with Crippen LogP contribution in [0.4, 0.5) is 5.69 Å².